The van der Waals surface area contributed by atoms with E-state index in [2.05, 4.69) is 20.2 Å². The number of carbonyl (C=O) groups is 3. The van der Waals surface area contributed by atoms with Gasteiger partial charge in [-0.05, 0) is 30.0 Å². The number of hydrogen-bond donors (Lipinski definition) is 1. The van der Waals surface area contributed by atoms with Gasteiger partial charge in [0.05, 0.1) is 17.2 Å². The first-order chi connectivity index (χ1) is 17.0. The van der Waals surface area contributed by atoms with Crippen molar-refractivity contribution in [2.45, 2.75) is 0 Å². The van der Waals surface area contributed by atoms with E-state index in [1.165, 1.54) is 0 Å². The number of methoxy groups -OCH3 is 1. The number of anilines is 1. The Labute approximate surface area is 206 Å². The van der Waals surface area contributed by atoms with Gasteiger partial charge in [-0.3, -0.25) is 19.7 Å². The van der Waals surface area contributed by atoms with Crippen molar-refractivity contribution in [2.75, 3.05) is 51.4 Å². The number of thioether (sulfide) groups is 1. The summed E-state index contributed by atoms with van der Waals surface area (Å²) >= 11 is 0.838. The summed E-state index contributed by atoms with van der Waals surface area (Å²) < 4.78 is 10.8. The van der Waals surface area contributed by atoms with Gasteiger partial charge in [-0.1, -0.05) is 18.2 Å². The Morgan fingerprint density at radius 2 is 1.86 bits per heavy atom. The number of fused-ring (bicyclic) bond motifs is 1. The van der Waals surface area contributed by atoms with Gasteiger partial charge in [0.15, 0.2) is 0 Å². The number of nitrogens with zero attached hydrogens (tertiary/aromatic N) is 4. The molecule has 3 fully saturated rings. The highest BCUT2D eigenvalue weighted by atomic mass is 32.2. The quantitative estimate of drug-likeness (QED) is 0.455. The Morgan fingerprint density at radius 1 is 1.11 bits per heavy atom. The zero-order chi connectivity index (χ0) is 24.4. The molecule has 11 heteroatoms. The van der Waals surface area contributed by atoms with Crippen LogP contribution in [0.1, 0.15) is 16.1 Å². The number of nitrogens with one attached hydrogen (secondary N) is 1. The molecule has 1 aromatic heterocycles. The molecule has 0 bridgehead atoms. The van der Waals surface area contributed by atoms with Gasteiger partial charge in [-0.25, -0.2) is 4.98 Å². The van der Waals surface area contributed by atoms with Gasteiger partial charge in [0.2, 0.25) is 11.8 Å². The second-order valence-corrected chi connectivity index (χ2v) is 9.64. The molecule has 35 heavy (non-hydrogen) atoms. The molecule has 182 valence electrons. The first kappa shape index (κ1) is 23.3. The number of ether oxygens (including phenoxy) is 2. The highest BCUT2D eigenvalue weighted by Crippen LogP contribution is 2.34. The number of rotatable bonds is 7. The lowest BCUT2D eigenvalue weighted by Crippen LogP contribution is -2.33. The van der Waals surface area contributed by atoms with Crippen LogP contribution in [-0.2, 0) is 9.53 Å². The number of aromatic nitrogens is 2. The average Bonchev–Trinajstić information content (AvgIpc) is 3.52. The smallest absolute Gasteiger partial charge is 0.290 e. The highest BCUT2D eigenvalue weighted by molar-refractivity contribution is 8.18. The van der Waals surface area contributed by atoms with Crippen LogP contribution in [0.4, 0.5) is 10.7 Å². The molecule has 4 heterocycles. The van der Waals surface area contributed by atoms with Gasteiger partial charge in [-0.2, -0.15) is 4.98 Å². The van der Waals surface area contributed by atoms with Gasteiger partial charge in [0, 0.05) is 56.8 Å². The van der Waals surface area contributed by atoms with E-state index in [4.69, 9.17) is 9.47 Å². The molecule has 1 N–H and O–H groups in total. The molecule has 3 amide bonds. The lowest BCUT2D eigenvalue weighted by atomic mass is 10.0. The fourth-order valence-electron chi connectivity index (χ4n) is 4.59. The zero-order valence-electron chi connectivity index (χ0n) is 19.2. The molecular weight excluding hydrogens is 470 g/mol. The van der Waals surface area contributed by atoms with Crippen LogP contribution in [0.5, 0.6) is 5.88 Å². The van der Waals surface area contributed by atoms with Crippen LogP contribution in [-0.4, -0.2) is 78.4 Å². The van der Waals surface area contributed by atoms with E-state index >= 15 is 0 Å². The van der Waals surface area contributed by atoms with Crippen molar-refractivity contribution >= 4 is 40.8 Å². The summed E-state index contributed by atoms with van der Waals surface area (Å²) in [7, 11) is 1.59. The monoisotopic (exact) mass is 495 g/mol. The summed E-state index contributed by atoms with van der Waals surface area (Å²) in [4.78, 5) is 49.9. The van der Waals surface area contributed by atoms with Gasteiger partial charge >= 0.3 is 0 Å². The van der Waals surface area contributed by atoms with E-state index in [0.29, 0.717) is 74.3 Å². The molecule has 0 radical (unpaired) electrons. The van der Waals surface area contributed by atoms with Crippen molar-refractivity contribution in [1.29, 1.82) is 0 Å². The molecule has 10 nitrogen and oxygen atoms in total. The number of carbonyl (C=O) groups excluding carboxylic acids is 3. The van der Waals surface area contributed by atoms with Crippen LogP contribution in [0, 0.1) is 11.8 Å². The third-order valence-corrected chi connectivity index (χ3v) is 7.06. The average molecular weight is 496 g/mol. The predicted octanol–water partition coefficient (Wildman–Crippen LogP) is 2.03. The zero-order valence-corrected chi connectivity index (χ0v) is 20.0. The van der Waals surface area contributed by atoms with Gasteiger partial charge in [0.25, 0.3) is 17.1 Å². The van der Waals surface area contributed by atoms with Crippen LogP contribution in [0.15, 0.2) is 41.3 Å². The largest absolute Gasteiger partial charge is 0.475 e. The van der Waals surface area contributed by atoms with E-state index in [-0.39, 0.29) is 10.8 Å². The minimum Gasteiger partial charge on any atom is -0.475 e. The van der Waals surface area contributed by atoms with Crippen LogP contribution in [0.25, 0.3) is 6.08 Å². The van der Waals surface area contributed by atoms with Crippen molar-refractivity contribution in [3.8, 4) is 5.88 Å². The molecule has 0 spiro atoms. The molecule has 3 aliphatic heterocycles. The van der Waals surface area contributed by atoms with Crippen molar-refractivity contribution in [2.24, 2.45) is 11.8 Å². The fraction of sp³-hybridized carbons (Fsp3) is 0.375. The van der Waals surface area contributed by atoms with Crippen molar-refractivity contribution in [3.05, 3.63) is 52.6 Å². The summed E-state index contributed by atoms with van der Waals surface area (Å²) in [6, 6.07) is 11.0. The molecular formula is C24H25N5O5S. The van der Waals surface area contributed by atoms with Crippen LogP contribution in [0.2, 0.25) is 0 Å². The highest BCUT2D eigenvalue weighted by Gasteiger charge is 2.42. The minimum absolute atomic E-state index is 0.0622. The molecule has 2 atom stereocenters. The number of likely N-dealkylation sites (tertiary alicyclic amines) is 1. The van der Waals surface area contributed by atoms with Gasteiger partial charge in [0.1, 0.15) is 6.61 Å². The lowest BCUT2D eigenvalue weighted by molar-refractivity contribution is -0.115. The predicted molar refractivity (Wildman–Crippen MR) is 130 cm³/mol. The Balaban J connectivity index is 1.32. The normalized spacial score (nSPS) is 22.6. The van der Waals surface area contributed by atoms with Crippen molar-refractivity contribution in [1.82, 2.24) is 20.2 Å². The number of benzene rings is 1. The Kier molecular flexibility index (Phi) is 6.69. The van der Waals surface area contributed by atoms with Crippen LogP contribution >= 0.6 is 11.8 Å². The maximum Gasteiger partial charge on any atom is 0.290 e. The molecule has 0 aliphatic carbocycles. The topological polar surface area (TPSA) is 114 Å². The fourth-order valence-corrected chi connectivity index (χ4v) is 5.26. The number of hydrogen-bond acceptors (Lipinski definition) is 9. The summed E-state index contributed by atoms with van der Waals surface area (Å²) in [5.41, 5.74) is 1.19. The maximum atomic E-state index is 12.9. The molecule has 2 aromatic rings. The Morgan fingerprint density at radius 3 is 2.51 bits per heavy atom. The SMILES string of the molecule is COCCOc1cc(C=C2SC(=O)NC2=O)nc(N2CC3CN(C(=O)c4ccccc4)CC3C2)n1. The second-order valence-electron chi connectivity index (χ2n) is 8.63. The van der Waals surface area contributed by atoms with E-state index in [9.17, 15) is 14.4 Å². The molecule has 1 aromatic carbocycles. The Bertz CT molecular complexity index is 1160. The molecule has 0 saturated carbocycles. The number of imide groups is 1. The third kappa shape index (κ3) is 5.15. The maximum absolute atomic E-state index is 12.9. The third-order valence-electron chi connectivity index (χ3n) is 6.25. The molecule has 2 unspecified atom stereocenters. The second kappa shape index (κ2) is 10.0. The van der Waals surface area contributed by atoms with Gasteiger partial charge < -0.3 is 19.3 Å². The molecule has 3 aliphatic rings. The first-order valence-electron chi connectivity index (χ1n) is 11.3. The van der Waals surface area contributed by atoms with E-state index < -0.39 is 11.1 Å². The van der Waals surface area contributed by atoms with Crippen molar-refractivity contribution < 1.29 is 23.9 Å². The summed E-state index contributed by atoms with van der Waals surface area (Å²) in [5, 5.41) is 1.84. The van der Waals surface area contributed by atoms with Gasteiger partial charge in [-0.15, -0.1) is 0 Å². The number of amides is 3. The van der Waals surface area contributed by atoms with E-state index in [1.54, 1.807) is 19.3 Å². The van der Waals surface area contributed by atoms with Crippen LogP contribution < -0.4 is 15.0 Å². The summed E-state index contributed by atoms with van der Waals surface area (Å²) in [5.74, 6) is 1.12. The van der Waals surface area contributed by atoms with E-state index in [0.717, 1.165) is 11.8 Å². The van der Waals surface area contributed by atoms with Crippen LogP contribution in [0.3, 0.4) is 0 Å². The molecule has 5 rings (SSSR count). The van der Waals surface area contributed by atoms with Crippen molar-refractivity contribution in [3.63, 3.8) is 0 Å². The minimum atomic E-state index is -0.444. The lowest BCUT2D eigenvalue weighted by Gasteiger charge is -2.22. The summed E-state index contributed by atoms with van der Waals surface area (Å²) in [6.45, 7) is 3.53. The summed E-state index contributed by atoms with van der Waals surface area (Å²) in [6.07, 6.45) is 1.57. The first-order valence-corrected chi connectivity index (χ1v) is 12.2. The van der Waals surface area contributed by atoms with E-state index in [1.807, 2.05) is 35.2 Å². The molecule has 3 saturated heterocycles. The Hall–Kier alpha value is -3.44. The standard InChI is InChI=1S/C24H25N5O5S/c1-33-7-8-34-20-10-18(9-19-21(30)27-24(32)35-19)25-23(26-20)29-13-16-11-28(12-17(16)14-29)22(31)15-5-3-2-4-6-15/h2-6,9-10,16-17H,7-8,11-14H2,1H3,(H,27,30,32).